The fourth-order valence-corrected chi connectivity index (χ4v) is 4.82. The summed E-state index contributed by atoms with van der Waals surface area (Å²) in [5.74, 6) is 2.12. The number of piperidine rings is 1. The Morgan fingerprint density at radius 2 is 2.00 bits per heavy atom. The predicted octanol–water partition coefficient (Wildman–Crippen LogP) is 2.95. The summed E-state index contributed by atoms with van der Waals surface area (Å²) in [6.45, 7) is 5.26. The van der Waals surface area contributed by atoms with E-state index in [9.17, 15) is 4.79 Å². The molecule has 1 saturated carbocycles. The Kier molecular flexibility index (Phi) is 4.34. The lowest BCUT2D eigenvalue weighted by Gasteiger charge is -2.44. The summed E-state index contributed by atoms with van der Waals surface area (Å²) >= 11 is 0. The first-order chi connectivity index (χ1) is 9.75. The van der Waals surface area contributed by atoms with E-state index in [4.69, 9.17) is 0 Å². The lowest BCUT2D eigenvalue weighted by Crippen LogP contribution is -2.57. The number of rotatable bonds is 3. The van der Waals surface area contributed by atoms with Crippen molar-refractivity contribution in [1.82, 2.24) is 10.2 Å². The molecule has 3 aliphatic rings. The maximum absolute atomic E-state index is 13.1. The Bertz CT molecular complexity index is 349. The number of nitrogens with one attached hydrogen (secondary N) is 1. The number of fused-ring (bicyclic) bond motifs is 1. The zero-order valence-electron chi connectivity index (χ0n) is 13.0. The van der Waals surface area contributed by atoms with Crippen LogP contribution in [0.25, 0.3) is 0 Å². The summed E-state index contributed by atoms with van der Waals surface area (Å²) in [6.07, 6.45) is 11.1. The molecule has 0 aromatic rings. The van der Waals surface area contributed by atoms with Gasteiger partial charge in [0.1, 0.15) is 0 Å². The zero-order valence-corrected chi connectivity index (χ0v) is 13.0. The van der Waals surface area contributed by atoms with Crippen LogP contribution in [0, 0.1) is 11.8 Å². The lowest BCUT2D eigenvalue weighted by atomic mass is 9.74. The maximum Gasteiger partial charge on any atom is 0.242 e. The molecule has 0 aromatic carbocycles. The summed E-state index contributed by atoms with van der Waals surface area (Å²) in [4.78, 5) is 15.3. The number of hydrogen-bond acceptors (Lipinski definition) is 2. The molecular formula is C17H30N2O. The number of hydrogen-bond donors (Lipinski definition) is 1. The van der Waals surface area contributed by atoms with Crippen molar-refractivity contribution in [2.24, 2.45) is 11.8 Å². The average molecular weight is 278 g/mol. The van der Waals surface area contributed by atoms with E-state index in [1.807, 2.05) is 0 Å². The first-order valence-corrected chi connectivity index (χ1v) is 8.79. The van der Waals surface area contributed by atoms with Gasteiger partial charge in [0.05, 0.1) is 5.54 Å². The molecule has 3 nitrogen and oxygen atoms in total. The maximum atomic E-state index is 13.1. The van der Waals surface area contributed by atoms with Crippen LogP contribution in [-0.4, -0.2) is 36.0 Å². The molecular weight excluding hydrogens is 248 g/mol. The molecule has 0 radical (unpaired) electrons. The molecule has 3 unspecified atom stereocenters. The van der Waals surface area contributed by atoms with Crippen LogP contribution in [0.3, 0.4) is 0 Å². The van der Waals surface area contributed by atoms with E-state index in [0.29, 0.717) is 5.91 Å². The van der Waals surface area contributed by atoms with Crippen molar-refractivity contribution in [2.75, 3.05) is 19.6 Å². The van der Waals surface area contributed by atoms with Crippen molar-refractivity contribution in [3.63, 3.8) is 0 Å². The third-order valence-corrected chi connectivity index (χ3v) is 5.91. The van der Waals surface area contributed by atoms with Crippen LogP contribution in [0.5, 0.6) is 0 Å². The molecule has 2 aliphatic heterocycles. The third-order valence-electron chi connectivity index (χ3n) is 5.91. The predicted molar refractivity (Wildman–Crippen MR) is 81.5 cm³/mol. The Balaban J connectivity index is 1.67. The van der Waals surface area contributed by atoms with Gasteiger partial charge in [-0.05, 0) is 50.5 Å². The Labute approximate surface area is 123 Å². The number of carbonyl (C=O) groups is 1. The van der Waals surface area contributed by atoms with E-state index in [1.165, 1.54) is 32.1 Å². The second-order valence-corrected chi connectivity index (χ2v) is 7.21. The summed E-state index contributed by atoms with van der Waals surface area (Å²) in [5.41, 5.74) is -0.212. The molecule has 0 aromatic heterocycles. The monoisotopic (exact) mass is 278 g/mol. The van der Waals surface area contributed by atoms with Gasteiger partial charge in [0.25, 0.3) is 0 Å². The first-order valence-electron chi connectivity index (χ1n) is 8.79. The third kappa shape index (κ3) is 2.61. The summed E-state index contributed by atoms with van der Waals surface area (Å²) in [5, 5.41) is 3.55. The van der Waals surface area contributed by atoms with E-state index in [2.05, 4.69) is 17.1 Å². The lowest BCUT2D eigenvalue weighted by molar-refractivity contribution is -0.141. The highest BCUT2D eigenvalue weighted by Crippen LogP contribution is 2.37. The zero-order chi connectivity index (χ0) is 14.0. The molecule has 3 heteroatoms. The number of likely N-dealkylation sites (tertiary alicyclic amines) is 1. The van der Waals surface area contributed by atoms with E-state index < -0.39 is 0 Å². The van der Waals surface area contributed by atoms with Gasteiger partial charge in [-0.15, -0.1) is 0 Å². The molecule has 2 heterocycles. The van der Waals surface area contributed by atoms with Gasteiger partial charge in [-0.25, -0.2) is 0 Å². The van der Waals surface area contributed by atoms with Gasteiger partial charge in [0.2, 0.25) is 5.91 Å². The molecule has 0 bridgehead atoms. The molecule has 3 rings (SSSR count). The van der Waals surface area contributed by atoms with Crippen molar-refractivity contribution in [3.05, 3.63) is 0 Å². The summed E-state index contributed by atoms with van der Waals surface area (Å²) < 4.78 is 0. The Morgan fingerprint density at radius 3 is 2.70 bits per heavy atom. The van der Waals surface area contributed by atoms with Crippen LogP contribution in [0.4, 0.5) is 0 Å². The number of carbonyl (C=O) groups excluding carboxylic acids is 1. The standard InChI is InChI=1S/C17H30N2O/c1-2-9-17(10-5-11-18-17)16(20)19-12-8-14-6-3-4-7-15(14)13-19/h14-15,18H,2-13H2,1H3. The van der Waals surface area contributed by atoms with E-state index in [0.717, 1.165) is 57.2 Å². The van der Waals surface area contributed by atoms with Crippen LogP contribution in [0.2, 0.25) is 0 Å². The molecule has 20 heavy (non-hydrogen) atoms. The second-order valence-electron chi connectivity index (χ2n) is 7.21. The SMILES string of the molecule is CCCC1(C(=O)N2CCC3CCCCC3C2)CCCN1. The summed E-state index contributed by atoms with van der Waals surface area (Å²) in [7, 11) is 0. The van der Waals surface area contributed by atoms with Crippen LogP contribution >= 0.6 is 0 Å². The Hall–Kier alpha value is -0.570. The summed E-state index contributed by atoms with van der Waals surface area (Å²) in [6, 6.07) is 0. The molecule has 0 spiro atoms. The molecule has 114 valence electrons. The number of amides is 1. The minimum Gasteiger partial charge on any atom is -0.341 e. The number of nitrogens with zero attached hydrogens (tertiary/aromatic N) is 1. The van der Waals surface area contributed by atoms with Crippen molar-refractivity contribution < 1.29 is 4.79 Å². The van der Waals surface area contributed by atoms with Crippen LogP contribution in [-0.2, 0) is 4.79 Å². The molecule has 1 amide bonds. The smallest absolute Gasteiger partial charge is 0.242 e. The molecule has 3 fully saturated rings. The van der Waals surface area contributed by atoms with E-state index in [1.54, 1.807) is 0 Å². The van der Waals surface area contributed by atoms with Gasteiger partial charge >= 0.3 is 0 Å². The minimum absolute atomic E-state index is 0.212. The van der Waals surface area contributed by atoms with Crippen molar-refractivity contribution in [3.8, 4) is 0 Å². The van der Waals surface area contributed by atoms with Crippen molar-refractivity contribution in [2.45, 2.75) is 70.3 Å². The van der Waals surface area contributed by atoms with Crippen LogP contribution in [0.15, 0.2) is 0 Å². The van der Waals surface area contributed by atoms with Gasteiger partial charge in [0, 0.05) is 13.1 Å². The van der Waals surface area contributed by atoms with Gasteiger partial charge in [-0.1, -0.05) is 32.6 Å². The van der Waals surface area contributed by atoms with Crippen molar-refractivity contribution in [1.29, 1.82) is 0 Å². The first kappa shape index (κ1) is 14.4. The highest BCUT2D eigenvalue weighted by molar-refractivity contribution is 5.87. The molecule has 3 atom stereocenters. The normalized spacial score (nSPS) is 37.8. The minimum atomic E-state index is -0.212. The average Bonchev–Trinajstić information content (AvgIpc) is 2.96. The molecule has 1 aliphatic carbocycles. The van der Waals surface area contributed by atoms with Crippen LogP contribution in [0.1, 0.15) is 64.7 Å². The molecule has 1 N–H and O–H groups in total. The highest BCUT2D eigenvalue weighted by atomic mass is 16.2. The van der Waals surface area contributed by atoms with Crippen LogP contribution < -0.4 is 5.32 Å². The fraction of sp³-hybridized carbons (Fsp3) is 0.941. The topological polar surface area (TPSA) is 32.3 Å². The van der Waals surface area contributed by atoms with Gasteiger partial charge in [-0.3, -0.25) is 4.79 Å². The van der Waals surface area contributed by atoms with Gasteiger partial charge in [-0.2, -0.15) is 0 Å². The van der Waals surface area contributed by atoms with E-state index in [-0.39, 0.29) is 5.54 Å². The highest BCUT2D eigenvalue weighted by Gasteiger charge is 2.44. The fourth-order valence-electron chi connectivity index (χ4n) is 4.82. The van der Waals surface area contributed by atoms with Gasteiger partial charge in [0.15, 0.2) is 0 Å². The molecule has 2 saturated heterocycles. The van der Waals surface area contributed by atoms with Gasteiger partial charge < -0.3 is 10.2 Å². The Morgan fingerprint density at radius 1 is 1.20 bits per heavy atom. The van der Waals surface area contributed by atoms with Crippen molar-refractivity contribution >= 4 is 5.91 Å². The largest absolute Gasteiger partial charge is 0.341 e. The second kappa shape index (κ2) is 6.05. The van der Waals surface area contributed by atoms with E-state index >= 15 is 0 Å². The quantitative estimate of drug-likeness (QED) is 0.861.